The maximum Gasteiger partial charge on any atom is 0.268 e. The Morgan fingerprint density at radius 2 is 1.88 bits per heavy atom. The van der Waals surface area contributed by atoms with Crippen molar-refractivity contribution in [1.29, 1.82) is 0 Å². The Bertz CT molecular complexity index is 952. The summed E-state index contributed by atoms with van der Waals surface area (Å²) in [6.07, 6.45) is 0. The molecule has 0 aliphatic carbocycles. The van der Waals surface area contributed by atoms with E-state index in [0.717, 1.165) is 14.9 Å². The summed E-state index contributed by atoms with van der Waals surface area (Å²) in [7, 11) is 0. The van der Waals surface area contributed by atoms with Crippen LogP contribution in [-0.2, 0) is 19.7 Å². The first-order chi connectivity index (χ1) is 12.6. The summed E-state index contributed by atoms with van der Waals surface area (Å²) >= 11 is 5.00. The van der Waals surface area contributed by atoms with Crippen molar-refractivity contribution in [3.63, 3.8) is 0 Å². The minimum absolute atomic E-state index is 0.0403. The molecule has 0 atom stereocenters. The lowest BCUT2D eigenvalue weighted by Gasteiger charge is -2.15. The molecule has 0 saturated carbocycles. The lowest BCUT2D eigenvalue weighted by Crippen LogP contribution is -2.24. The van der Waals surface area contributed by atoms with E-state index in [1.54, 1.807) is 0 Å². The highest BCUT2D eigenvalue weighted by Gasteiger charge is 2.28. The molecule has 1 amide bonds. The van der Waals surface area contributed by atoms with Gasteiger partial charge in [0.15, 0.2) is 0 Å². The number of halogens is 1. The van der Waals surface area contributed by atoms with Crippen LogP contribution >= 0.6 is 27.3 Å². The van der Waals surface area contributed by atoms with Crippen molar-refractivity contribution in [2.45, 2.75) is 26.6 Å². The Balaban J connectivity index is 1.52. The number of hydrogen-bond donors (Lipinski definition) is 0. The molecule has 0 bridgehead atoms. The molecule has 2 heterocycles. The second-order valence-corrected chi connectivity index (χ2v) is 8.57. The van der Waals surface area contributed by atoms with Crippen LogP contribution in [-0.4, -0.2) is 10.8 Å². The Morgan fingerprint density at radius 3 is 2.69 bits per heavy atom. The molecule has 4 rings (SSSR count). The van der Waals surface area contributed by atoms with Crippen molar-refractivity contribution in [3.8, 4) is 5.75 Å². The van der Waals surface area contributed by atoms with Gasteiger partial charge in [0.25, 0.3) is 5.91 Å². The molecular formula is C21H18BrNO2S. The van der Waals surface area contributed by atoms with E-state index in [9.17, 15) is 4.79 Å². The highest BCUT2D eigenvalue weighted by molar-refractivity contribution is 9.10. The molecule has 0 unspecified atom stereocenters. The maximum absolute atomic E-state index is 13.1. The van der Waals surface area contributed by atoms with Gasteiger partial charge in [0.1, 0.15) is 17.2 Å². The average molecular weight is 428 g/mol. The highest BCUT2D eigenvalue weighted by Crippen LogP contribution is 2.34. The number of ether oxygens (including phenoxy) is 1. The van der Waals surface area contributed by atoms with Crippen LogP contribution in [0.3, 0.4) is 0 Å². The molecular weight excluding hydrogens is 410 g/mol. The SMILES string of the molecule is Cc1cc(OCc2ccccc2)c(C(=O)N2Cc3ccc(Br)cc3C2)s1. The number of nitrogens with zero attached hydrogens (tertiary/aromatic N) is 1. The fraction of sp³-hybridized carbons (Fsp3) is 0.190. The monoisotopic (exact) mass is 427 g/mol. The van der Waals surface area contributed by atoms with Crippen molar-refractivity contribution in [2.75, 3.05) is 0 Å². The number of carbonyl (C=O) groups excluding carboxylic acids is 1. The van der Waals surface area contributed by atoms with E-state index in [-0.39, 0.29) is 5.91 Å². The summed E-state index contributed by atoms with van der Waals surface area (Å²) in [4.78, 5) is 16.7. The molecule has 1 aromatic heterocycles. The number of aryl methyl sites for hydroxylation is 1. The van der Waals surface area contributed by atoms with Gasteiger partial charge in [0.2, 0.25) is 0 Å². The van der Waals surface area contributed by atoms with Gasteiger partial charge in [-0.3, -0.25) is 4.79 Å². The van der Waals surface area contributed by atoms with E-state index in [4.69, 9.17) is 4.74 Å². The molecule has 0 fully saturated rings. The van der Waals surface area contributed by atoms with E-state index >= 15 is 0 Å². The standard InChI is InChI=1S/C21H18BrNO2S/c1-14-9-19(25-13-15-5-3-2-4-6-15)20(26-14)21(24)23-11-16-7-8-18(22)10-17(16)12-23/h2-10H,11-13H2,1H3. The van der Waals surface area contributed by atoms with E-state index < -0.39 is 0 Å². The molecule has 0 N–H and O–H groups in total. The van der Waals surface area contributed by atoms with Crippen molar-refractivity contribution in [3.05, 3.63) is 85.5 Å². The van der Waals surface area contributed by atoms with Crippen LogP contribution in [0.25, 0.3) is 0 Å². The quantitative estimate of drug-likeness (QED) is 0.545. The van der Waals surface area contributed by atoms with Crippen molar-refractivity contribution in [1.82, 2.24) is 4.90 Å². The van der Waals surface area contributed by atoms with Crippen LogP contribution < -0.4 is 4.74 Å². The molecule has 26 heavy (non-hydrogen) atoms. The van der Waals surface area contributed by atoms with Gasteiger partial charge in [-0.05, 0) is 41.8 Å². The largest absolute Gasteiger partial charge is 0.487 e. The fourth-order valence-corrected chi connectivity index (χ4v) is 4.46. The maximum atomic E-state index is 13.1. The number of hydrogen-bond acceptors (Lipinski definition) is 3. The molecule has 5 heteroatoms. The van der Waals surface area contributed by atoms with Crippen LogP contribution in [0.4, 0.5) is 0 Å². The van der Waals surface area contributed by atoms with Crippen molar-refractivity contribution < 1.29 is 9.53 Å². The minimum atomic E-state index is 0.0403. The summed E-state index contributed by atoms with van der Waals surface area (Å²) in [6, 6.07) is 18.2. The van der Waals surface area contributed by atoms with Crippen LogP contribution in [0.2, 0.25) is 0 Å². The summed E-state index contributed by atoms with van der Waals surface area (Å²) < 4.78 is 7.02. The van der Waals surface area contributed by atoms with Gasteiger partial charge in [-0.25, -0.2) is 0 Å². The van der Waals surface area contributed by atoms with Crippen LogP contribution in [0.15, 0.2) is 59.1 Å². The Morgan fingerprint density at radius 1 is 1.12 bits per heavy atom. The molecule has 132 valence electrons. The van der Waals surface area contributed by atoms with E-state index in [0.29, 0.717) is 30.3 Å². The number of carbonyl (C=O) groups is 1. The first-order valence-corrected chi connectivity index (χ1v) is 10.0. The van der Waals surface area contributed by atoms with Gasteiger partial charge in [-0.1, -0.05) is 52.3 Å². The molecule has 1 aliphatic rings. The van der Waals surface area contributed by atoms with Gasteiger partial charge >= 0.3 is 0 Å². The van der Waals surface area contributed by atoms with E-state index in [1.165, 1.54) is 22.5 Å². The van der Waals surface area contributed by atoms with Gasteiger partial charge in [0, 0.05) is 22.4 Å². The lowest BCUT2D eigenvalue weighted by atomic mass is 10.1. The normalized spacial score (nSPS) is 12.9. The molecule has 0 saturated heterocycles. The zero-order valence-electron chi connectivity index (χ0n) is 14.4. The second kappa shape index (κ2) is 7.25. The molecule has 0 radical (unpaired) electrons. The smallest absolute Gasteiger partial charge is 0.268 e. The van der Waals surface area contributed by atoms with Gasteiger partial charge in [-0.2, -0.15) is 0 Å². The number of fused-ring (bicyclic) bond motifs is 1. The fourth-order valence-electron chi connectivity index (χ4n) is 3.13. The zero-order chi connectivity index (χ0) is 18.1. The second-order valence-electron chi connectivity index (χ2n) is 6.40. The number of benzene rings is 2. The summed E-state index contributed by atoms with van der Waals surface area (Å²) in [6.45, 7) is 3.76. The first-order valence-electron chi connectivity index (χ1n) is 8.44. The Kier molecular flexibility index (Phi) is 4.83. The van der Waals surface area contributed by atoms with E-state index in [2.05, 4.69) is 28.1 Å². The summed E-state index contributed by atoms with van der Waals surface area (Å²) in [5.41, 5.74) is 3.50. The molecule has 2 aromatic carbocycles. The molecule has 0 spiro atoms. The molecule has 3 aromatic rings. The number of amides is 1. The van der Waals surface area contributed by atoms with Gasteiger partial charge < -0.3 is 9.64 Å². The number of rotatable bonds is 4. The number of thiophene rings is 1. The Labute approximate surface area is 165 Å². The van der Waals surface area contributed by atoms with Crippen LogP contribution in [0.1, 0.15) is 31.2 Å². The van der Waals surface area contributed by atoms with Crippen LogP contribution in [0, 0.1) is 6.92 Å². The van der Waals surface area contributed by atoms with Gasteiger partial charge in [0.05, 0.1) is 0 Å². The van der Waals surface area contributed by atoms with E-state index in [1.807, 2.05) is 54.3 Å². The van der Waals surface area contributed by atoms with Crippen LogP contribution in [0.5, 0.6) is 5.75 Å². The predicted molar refractivity (Wildman–Crippen MR) is 108 cm³/mol. The van der Waals surface area contributed by atoms with Crippen molar-refractivity contribution >= 4 is 33.2 Å². The third-order valence-electron chi connectivity index (χ3n) is 4.43. The lowest BCUT2D eigenvalue weighted by molar-refractivity contribution is 0.0752. The first kappa shape index (κ1) is 17.3. The third kappa shape index (κ3) is 3.55. The molecule has 3 nitrogen and oxygen atoms in total. The van der Waals surface area contributed by atoms with Gasteiger partial charge in [-0.15, -0.1) is 11.3 Å². The summed E-state index contributed by atoms with van der Waals surface area (Å²) in [5.74, 6) is 0.719. The predicted octanol–water partition coefficient (Wildman–Crippen LogP) is 5.55. The zero-order valence-corrected chi connectivity index (χ0v) is 16.8. The molecule has 1 aliphatic heterocycles. The topological polar surface area (TPSA) is 29.5 Å². The third-order valence-corrected chi connectivity index (χ3v) is 5.94. The average Bonchev–Trinajstić information content (AvgIpc) is 3.23. The van der Waals surface area contributed by atoms with Crippen molar-refractivity contribution in [2.24, 2.45) is 0 Å². The Hall–Kier alpha value is -2.11. The summed E-state index contributed by atoms with van der Waals surface area (Å²) in [5, 5.41) is 0. The minimum Gasteiger partial charge on any atom is -0.487 e. The highest BCUT2D eigenvalue weighted by atomic mass is 79.9.